The fourth-order valence-corrected chi connectivity index (χ4v) is 4.74. The van der Waals surface area contributed by atoms with Crippen LogP contribution in [0.3, 0.4) is 0 Å². The van der Waals surface area contributed by atoms with Gasteiger partial charge in [-0.15, -0.1) is 0 Å². The highest BCUT2D eigenvalue weighted by atomic mass is 15.3. The highest BCUT2D eigenvalue weighted by Gasteiger charge is 2.21. The van der Waals surface area contributed by atoms with Gasteiger partial charge in [0.25, 0.3) is 0 Å². The molecule has 1 aliphatic carbocycles. The van der Waals surface area contributed by atoms with E-state index in [0.29, 0.717) is 17.9 Å². The Morgan fingerprint density at radius 1 is 1.17 bits per heavy atom. The number of piperidine rings is 1. The lowest BCUT2D eigenvalue weighted by Crippen LogP contribution is -2.45. The minimum absolute atomic E-state index is 0.629. The van der Waals surface area contributed by atoms with Crippen LogP contribution in [0.2, 0.25) is 0 Å². The third-order valence-electron chi connectivity index (χ3n) is 6.59. The molecule has 1 N–H and O–H groups in total. The van der Waals surface area contributed by atoms with E-state index in [1.165, 1.54) is 44.9 Å². The molecule has 1 saturated carbocycles. The second-order valence-electron chi connectivity index (χ2n) is 9.01. The summed E-state index contributed by atoms with van der Waals surface area (Å²) in [5.74, 6) is 8.04. The third-order valence-corrected chi connectivity index (χ3v) is 6.59. The lowest BCUT2D eigenvalue weighted by molar-refractivity contribution is 0.145. The van der Waals surface area contributed by atoms with Crippen LogP contribution in [-0.2, 0) is 6.54 Å². The summed E-state index contributed by atoms with van der Waals surface area (Å²) in [4.78, 5) is 13.9. The van der Waals surface area contributed by atoms with Crippen LogP contribution >= 0.6 is 0 Å². The molecule has 2 aromatic heterocycles. The van der Waals surface area contributed by atoms with E-state index in [9.17, 15) is 0 Å². The van der Waals surface area contributed by atoms with Crippen molar-refractivity contribution in [1.82, 2.24) is 29.5 Å². The van der Waals surface area contributed by atoms with Gasteiger partial charge < -0.3 is 10.2 Å². The van der Waals surface area contributed by atoms with Gasteiger partial charge in [-0.2, -0.15) is 10.1 Å². The summed E-state index contributed by atoms with van der Waals surface area (Å²) in [6.45, 7) is 3.93. The van der Waals surface area contributed by atoms with Crippen molar-refractivity contribution in [1.29, 1.82) is 0 Å². The molecular formula is C23H35N7. The molecule has 162 valence electrons. The van der Waals surface area contributed by atoms with Crippen molar-refractivity contribution in [3.63, 3.8) is 0 Å². The predicted molar refractivity (Wildman–Crippen MR) is 121 cm³/mol. The first kappa shape index (κ1) is 21.1. The van der Waals surface area contributed by atoms with E-state index in [2.05, 4.69) is 50.7 Å². The molecule has 1 unspecified atom stereocenters. The highest BCUT2D eigenvalue weighted by Crippen LogP contribution is 2.26. The Hall–Kier alpha value is -2.17. The van der Waals surface area contributed by atoms with Gasteiger partial charge in [0.1, 0.15) is 5.69 Å². The minimum Gasteiger partial charge on any atom is -0.357 e. The molecule has 0 aromatic carbocycles. The molecule has 3 heterocycles. The maximum absolute atomic E-state index is 4.87. The lowest BCUT2D eigenvalue weighted by atomic mass is 9.89. The summed E-state index contributed by atoms with van der Waals surface area (Å²) < 4.78 is 2.07. The molecule has 30 heavy (non-hydrogen) atoms. The first-order valence-corrected chi connectivity index (χ1v) is 11.4. The van der Waals surface area contributed by atoms with E-state index in [0.717, 1.165) is 42.9 Å². The minimum atomic E-state index is 0.629. The Balaban J connectivity index is 1.53. The van der Waals surface area contributed by atoms with Crippen LogP contribution in [0.25, 0.3) is 11.0 Å². The van der Waals surface area contributed by atoms with Gasteiger partial charge in [-0.05, 0) is 58.2 Å². The van der Waals surface area contributed by atoms with Gasteiger partial charge in [0.05, 0.1) is 11.9 Å². The second kappa shape index (κ2) is 9.76. The average Bonchev–Trinajstić information content (AvgIpc) is 3.11. The molecule has 1 aliphatic heterocycles. The summed E-state index contributed by atoms with van der Waals surface area (Å²) in [7, 11) is 6.19. The Morgan fingerprint density at radius 3 is 2.77 bits per heavy atom. The second-order valence-corrected chi connectivity index (χ2v) is 9.01. The molecule has 0 amide bonds. The maximum Gasteiger partial charge on any atom is 0.224 e. The van der Waals surface area contributed by atoms with Crippen LogP contribution in [0.1, 0.15) is 50.6 Å². The quantitative estimate of drug-likeness (QED) is 0.767. The fraction of sp³-hybridized carbons (Fsp3) is 0.696. The Kier molecular flexibility index (Phi) is 6.86. The van der Waals surface area contributed by atoms with Crippen LogP contribution in [0, 0.1) is 17.8 Å². The Labute approximate surface area is 180 Å². The zero-order chi connectivity index (χ0) is 20.9. The molecule has 7 nitrogen and oxygen atoms in total. The van der Waals surface area contributed by atoms with Crippen LogP contribution in [-0.4, -0.2) is 76.4 Å². The highest BCUT2D eigenvalue weighted by molar-refractivity contribution is 5.81. The van der Waals surface area contributed by atoms with E-state index < -0.39 is 0 Å². The topological polar surface area (TPSA) is 62.1 Å². The van der Waals surface area contributed by atoms with Crippen LogP contribution in [0.5, 0.6) is 0 Å². The summed E-state index contributed by atoms with van der Waals surface area (Å²) in [6.07, 6.45) is 11.0. The Morgan fingerprint density at radius 2 is 2.00 bits per heavy atom. The van der Waals surface area contributed by atoms with Crippen molar-refractivity contribution >= 4 is 17.0 Å². The number of likely N-dealkylation sites (tertiary alicyclic amines) is 1. The maximum atomic E-state index is 4.87. The van der Waals surface area contributed by atoms with Gasteiger partial charge in [0.2, 0.25) is 5.95 Å². The number of nitrogens with one attached hydrogen (secondary N) is 1. The number of hydrogen-bond donors (Lipinski definition) is 1. The standard InChI is InChI=1S/C23H35N7/c1-24-23-25-15-20-21(12-8-14-29-13-7-11-19(17-29)28(2)3)27-30(22(20)26-23)16-18-9-5-4-6-10-18/h15,18-19H,4-7,9-11,13-14,16-17H2,1-3H3,(H,24,25,26). The normalized spacial score (nSPS) is 21.0. The number of rotatable bonds is 5. The molecule has 1 atom stereocenters. The van der Waals surface area contributed by atoms with Gasteiger partial charge in [-0.1, -0.05) is 25.2 Å². The van der Waals surface area contributed by atoms with Gasteiger partial charge >= 0.3 is 0 Å². The summed E-state index contributed by atoms with van der Waals surface area (Å²) in [5.41, 5.74) is 1.71. The summed E-state index contributed by atoms with van der Waals surface area (Å²) in [5, 5.41) is 8.88. The van der Waals surface area contributed by atoms with Crippen LogP contribution < -0.4 is 5.32 Å². The summed E-state index contributed by atoms with van der Waals surface area (Å²) in [6, 6.07) is 0.629. The number of hydrogen-bond acceptors (Lipinski definition) is 6. The van der Waals surface area contributed by atoms with E-state index in [1.54, 1.807) is 0 Å². The molecule has 2 aromatic rings. The number of anilines is 1. The molecule has 2 fully saturated rings. The van der Waals surface area contributed by atoms with Gasteiger partial charge in [0.15, 0.2) is 5.65 Å². The number of likely N-dealkylation sites (N-methyl/N-ethyl adjacent to an activating group) is 1. The monoisotopic (exact) mass is 409 g/mol. The first-order valence-electron chi connectivity index (χ1n) is 11.4. The number of aromatic nitrogens is 4. The first-order chi connectivity index (χ1) is 14.6. The van der Waals surface area contributed by atoms with Crippen molar-refractivity contribution < 1.29 is 0 Å². The number of fused-ring (bicyclic) bond motifs is 1. The van der Waals surface area contributed by atoms with Gasteiger partial charge in [-0.25, -0.2) is 9.67 Å². The van der Waals surface area contributed by atoms with Gasteiger partial charge in [0, 0.05) is 32.4 Å². The van der Waals surface area contributed by atoms with Crippen molar-refractivity contribution in [2.45, 2.75) is 57.5 Å². The molecule has 0 spiro atoms. The van der Waals surface area contributed by atoms with Crippen molar-refractivity contribution in [3.05, 3.63) is 11.9 Å². The molecule has 4 rings (SSSR count). The van der Waals surface area contributed by atoms with E-state index in [-0.39, 0.29) is 0 Å². The molecular weight excluding hydrogens is 374 g/mol. The van der Waals surface area contributed by atoms with Crippen molar-refractivity contribution in [3.8, 4) is 11.8 Å². The lowest BCUT2D eigenvalue weighted by Gasteiger charge is -2.35. The van der Waals surface area contributed by atoms with Crippen LogP contribution in [0.15, 0.2) is 6.20 Å². The molecule has 1 saturated heterocycles. The van der Waals surface area contributed by atoms with E-state index >= 15 is 0 Å². The molecule has 0 bridgehead atoms. The SMILES string of the molecule is CNc1ncc2c(C#CCN3CCCC(N(C)C)C3)nn(CC3CCCCC3)c2n1. The van der Waals surface area contributed by atoms with Crippen molar-refractivity contribution in [2.24, 2.45) is 5.92 Å². The average molecular weight is 410 g/mol. The Bertz CT molecular complexity index is 901. The van der Waals surface area contributed by atoms with Crippen molar-refractivity contribution in [2.75, 3.05) is 46.1 Å². The zero-order valence-electron chi connectivity index (χ0n) is 18.7. The van der Waals surface area contributed by atoms with Crippen LogP contribution in [0.4, 0.5) is 5.95 Å². The van der Waals surface area contributed by atoms with E-state index in [4.69, 9.17) is 10.1 Å². The molecule has 0 radical (unpaired) electrons. The molecule has 2 aliphatic rings. The largest absolute Gasteiger partial charge is 0.357 e. The number of nitrogens with zero attached hydrogens (tertiary/aromatic N) is 6. The summed E-state index contributed by atoms with van der Waals surface area (Å²) >= 11 is 0. The molecule has 7 heteroatoms. The third kappa shape index (κ3) is 4.93. The predicted octanol–water partition coefficient (Wildman–Crippen LogP) is 2.83. The van der Waals surface area contributed by atoms with Gasteiger partial charge in [-0.3, -0.25) is 4.90 Å². The van der Waals surface area contributed by atoms with E-state index in [1.807, 2.05) is 13.2 Å². The zero-order valence-corrected chi connectivity index (χ0v) is 18.7. The smallest absolute Gasteiger partial charge is 0.224 e. The fourth-order valence-electron chi connectivity index (χ4n) is 4.74.